The van der Waals surface area contributed by atoms with Crippen LogP contribution in [0, 0.1) is 19.7 Å². The number of hydrogen-bond donors (Lipinski definition) is 2. The van der Waals surface area contributed by atoms with E-state index in [9.17, 15) is 9.18 Å². The largest absolute Gasteiger partial charge is 0.497 e. The molecule has 2 N–H and O–H groups in total. The monoisotopic (exact) mass is 380 g/mol. The van der Waals surface area contributed by atoms with E-state index in [1.165, 1.54) is 6.07 Å². The number of fused-ring (bicyclic) bond motifs is 2. The number of ether oxygens (including phenoxy) is 1. The van der Waals surface area contributed by atoms with E-state index in [0.717, 1.165) is 27.6 Å². The minimum absolute atomic E-state index is 0.251. The maximum absolute atomic E-state index is 14.1. The third-order valence-electron chi connectivity index (χ3n) is 5.04. The zero-order chi connectivity index (χ0) is 19.8. The lowest BCUT2D eigenvalue weighted by atomic mass is 10.0. The van der Waals surface area contributed by atoms with Gasteiger partial charge >= 0.3 is 0 Å². The van der Waals surface area contributed by atoms with Crippen LogP contribution in [0.5, 0.6) is 5.75 Å². The van der Waals surface area contributed by atoms with E-state index in [1.807, 2.05) is 19.9 Å². The van der Waals surface area contributed by atoms with Gasteiger partial charge in [0.15, 0.2) is 5.76 Å². The highest BCUT2D eigenvalue weighted by atomic mass is 19.1. The van der Waals surface area contributed by atoms with Crippen LogP contribution in [0.3, 0.4) is 0 Å². The number of aromatic nitrogens is 1. The summed E-state index contributed by atoms with van der Waals surface area (Å²) >= 11 is 0. The van der Waals surface area contributed by atoms with Crippen molar-refractivity contribution in [2.45, 2.75) is 20.3 Å². The van der Waals surface area contributed by atoms with Crippen LogP contribution in [-0.4, -0.2) is 24.5 Å². The van der Waals surface area contributed by atoms with Gasteiger partial charge in [-0.2, -0.15) is 0 Å². The first-order valence-electron chi connectivity index (χ1n) is 9.10. The first-order chi connectivity index (χ1) is 13.5. The number of rotatable bonds is 5. The maximum atomic E-state index is 14.1. The lowest BCUT2D eigenvalue weighted by Gasteiger charge is -2.06. The molecule has 0 saturated carbocycles. The van der Waals surface area contributed by atoms with Gasteiger partial charge in [-0.05, 0) is 61.7 Å². The molecule has 2 aromatic carbocycles. The lowest BCUT2D eigenvalue weighted by Crippen LogP contribution is -2.25. The second-order valence-electron chi connectivity index (χ2n) is 6.86. The Labute approximate surface area is 161 Å². The van der Waals surface area contributed by atoms with Crippen LogP contribution in [0.2, 0.25) is 0 Å². The fourth-order valence-corrected chi connectivity index (χ4v) is 3.60. The van der Waals surface area contributed by atoms with E-state index >= 15 is 0 Å². The van der Waals surface area contributed by atoms with Crippen molar-refractivity contribution in [2.75, 3.05) is 13.7 Å². The molecule has 0 aliphatic carbocycles. The molecule has 4 aromatic rings. The topological polar surface area (TPSA) is 67.3 Å². The summed E-state index contributed by atoms with van der Waals surface area (Å²) in [6, 6.07) is 10.3. The number of aromatic amines is 1. The molecule has 0 atom stereocenters. The standard InChI is InChI=1S/C22H21FN2O3/c1-12-4-6-17(23)21-20(12)16(13(2)25-21)8-9-24-22(26)19-11-14-10-15(27-3)5-7-18(14)28-19/h4-7,10-11,25H,8-9H2,1-3H3,(H,24,26). The van der Waals surface area contributed by atoms with E-state index in [4.69, 9.17) is 9.15 Å². The molecule has 0 radical (unpaired) electrons. The fourth-order valence-electron chi connectivity index (χ4n) is 3.60. The SMILES string of the molecule is COc1ccc2oc(C(=O)NCCc3c(C)[nH]c4c(F)ccc(C)c34)cc2c1. The number of hydrogen-bond acceptors (Lipinski definition) is 3. The van der Waals surface area contributed by atoms with E-state index in [-0.39, 0.29) is 17.5 Å². The molecule has 0 aliphatic heterocycles. The summed E-state index contributed by atoms with van der Waals surface area (Å²) in [5.74, 6) is 0.408. The van der Waals surface area contributed by atoms with Crippen LogP contribution in [0.25, 0.3) is 21.9 Å². The summed E-state index contributed by atoms with van der Waals surface area (Å²) in [5.41, 5.74) is 4.08. The lowest BCUT2D eigenvalue weighted by molar-refractivity contribution is 0.0928. The highest BCUT2D eigenvalue weighted by Gasteiger charge is 2.16. The zero-order valence-corrected chi connectivity index (χ0v) is 16.0. The molecule has 1 amide bonds. The van der Waals surface area contributed by atoms with Crippen LogP contribution in [0.4, 0.5) is 4.39 Å². The van der Waals surface area contributed by atoms with Gasteiger partial charge in [0.1, 0.15) is 17.1 Å². The molecule has 144 valence electrons. The van der Waals surface area contributed by atoms with Gasteiger partial charge in [0, 0.05) is 23.0 Å². The predicted molar refractivity (Wildman–Crippen MR) is 107 cm³/mol. The number of benzene rings is 2. The predicted octanol–water partition coefficient (Wildman–Crippen LogP) is 4.65. The van der Waals surface area contributed by atoms with Gasteiger partial charge < -0.3 is 19.5 Å². The molecule has 28 heavy (non-hydrogen) atoms. The van der Waals surface area contributed by atoms with Crippen LogP contribution in [-0.2, 0) is 6.42 Å². The summed E-state index contributed by atoms with van der Waals surface area (Å²) < 4.78 is 24.9. The van der Waals surface area contributed by atoms with Gasteiger partial charge in [0.05, 0.1) is 12.6 Å². The Morgan fingerprint density at radius 2 is 2.04 bits per heavy atom. The zero-order valence-electron chi connectivity index (χ0n) is 16.0. The van der Waals surface area contributed by atoms with Crippen molar-refractivity contribution in [3.05, 3.63) is 64.8 Å². The highest BCUT2D eigenvalue weighted by molar-refractivity contribution is 5.96. The van der Waals surface area contributed by atoms with Gasteiger partial charge in [-0.3, -0.25) is 4.79 Å². The van der Waals surface area contributed by atoms with Gasteiger partial charge in [-0.15, -0.1) is 0 Å². The molecular weight excluding hydrogens is 359 g/mol. The minimum atomic E-state index is -0.282. The summed E-state index contributed by atoms with van der Waals surface area (Å²) in [7, 11) is 1.59. The van der Waals surface area contributed by atoms with Crippen LogP contribution >= 0.6 is 0 Å². The molecule has 0 saturated heterocycles. The van der Waals surface area contributed by atoms with Crippen molar-refractivity contribution >= 4 is 27.8 Å². The molecule has 2 aromatic heterocycles. The van der Waals surface area contributed by atoms with Crippen molar-refractivity contribution in [3.8, 4) is 5.75 Å². The molecule has 0 spiro atoms. The number of amides is 1. The van der Waals surface area contributed by atoms with Crippen LogP contribution in [0.15, 0.2) is 40.8 Å². The first-order valence-corrected chi connectivity index (χ1v) is 9.10. The van der Waals surface area contributed by atoms with Crippen molar-refractivity contribution in [2.24, 2.45) is 0 Å². The molecule has 0 aliphatic rings. The number of halogens is 1. The molecule has 5 nitrogen and oxygen atoms in total. The normalized spacial score (nSPS) is 11.3. The maximum Gasteiger partial charge on any atom is 0.287 e. The van der Waals surface area contributed by atoms with Crippen molar-refractivity contribution in [1.82, 2.24) is 10.3 Å². The Morgan fingerprint density at radius 3 is 2.82 bits per heavy atom. The molecule has 0 fully saturated rings. The fraction of sp³-hybridized carbons (Fsp3) is 0.227. The molecule has 0 bridgehead atoms. The van der Waals surface area contributed by atoms with Gasteiger partial charge in [0.2, 0.25) is 0 Å². The molecular formula is C22H21FN2O3. The molecule has 6 heteroatoms. The quantitative estimate of drug-likeness (QED) is 0.530. The minimum Gasteiger partial charge on any atom is -0.497 e. The number of carbonyl (C=O) groups is 1. The second kappa shape index (κ2) is 7.03. The summed E-state index contributed by atoms with van der Waals surface area (Å²) in [4.78, 5) is 15.6. The summed E-state index contributed by atoms with van der Waals surface area (Å²) in [6.07, 6.45) is 0.593. The van der Waals surface area contributed by atoms with Crippen LogP contribution < -0.4 is 10.1 Å². The van der Waals surface area contributed by atoms with Crippen molar-refractivity contribution < 1.29 is 18.3 Å². The summed E-state index contributed by atoms with van der Waals surface area (Å²) in [6.45, 7) is 4.30. The number of H-pyrrole nitrogens is 1. The van der Waals surface area contributed by atoms with Gasteiger partial charge in [-0.25, -0.2) is 4.39 Å². The number of nitrogens with one attached hydrogen (secondary N) is 2. The Bertz CT molecular complexity index is 1190. The average Bonchev–Trinajstić information content (AvgIpc) is 3.26. The second-order valence-corrected chi connectivity index (χ2v) is 6.86. The van der Waals surface area contributed by atoms with E-state index in [2.05, 4.69) is 10.3 Å². The number of furan rings is 1. The number of aryl methyl sites for hydroxylation is 2. The third kappa shape index (κ3) is 3.11. The van der Waals surface area contributed by atoms with Gasteiger partial charge in [-0.1, -0.05) is 6.07 Å². The Morgan fingerprint density at radius 1 is 1.21 bits per heavy atom. The number of carbonyl (C=O) groups excluding carboxylic acids is 1. The summed E-state index contributed by atoms with van der Waals surface area (Å²) in [5, 5.41) is 4.58. The first kappa shape index (κ1) is 18.1. The van der Waals surface area contributed by atoms with Crippen molar-refractivity contribution in [3.63, 3.8) is 0 Å². The van der Waals surface area contributed by atoms with Gasteiger partial charge in [0.25, 0.3) is 5.91 Å². The smallest absolute Gasteiger partial charge is 0.287 e. The Hall–Kier alpha value is -3.28. The average molecular weight is 380 g/mol. The van der Waals surface area contributed by atoms with Crippen molar-refractivity contribution in [1.29, 1.82) is 0 Å². The number of methoxy groups -OCH3 is 1. The molecule has 2 heterocycles. The van der Waals surface area contributed by atoms with E-state index < -0.39 is 0 Å². The Balaban J connectivity index is 1.50. The van der Waals surface area contributed by atoms with Crippen LogP contribution in [0.1, 0.15) is 27.4 Å². The Kier molecular flexibility index (Phi) is 4.55. The highest BCUT2D eigenvalue weighted by Crippen LogP contribution is 2.28. The third-order valence-corrected chi connectivity index (χ3v) is 5.04. The molecule has 0 unspecified atom stereocenters. The van der Waals surface area contributed by atoms with E-state index in [0.29, 0.717) is 29.8 Å². The van der Waals surface area contributed by atoms with E-state index in [1.54, 1.807) is 31.4 Å². The molecule has 4 rings (SSSR count).